The van der Waals surface area contributed by atoms with E-state index < -0.39 is 41.4 Å². The maximum absolute atomic E-state index is 15.5. The predicted octanol–water partition coefficient (Wildman–Crippen LogP) is 7.45. The Hall–Kier alpha value is -4.44. The Labute approximate surface area is 294 Å². The summed E-state index contributed by atoms with van der Waals surface area (Å²) in [6, 6.07) is 6.96. The molecule has 1 aliphatic heterocycles. The van der Waals surface area contributed by atoms with E-state index >= 15 is 4.39 Å². The molecule has 52 heavy (non-hydrogen) atoms. The minimum atomic E-state index is -5.03. The molecule has 16 heteroatoms. The molecule has 1 aliphatic carbocycles. The second-order valence-electron chi connectivity index (χ2n) is 13.7. The maximum Gasteiger partial charge on any atom is 0.573 e. The third-order valence-electron chi connectivity index (χ3n) is 9.66. The molecule has 0 amide bonds. The molecular formula is C36H40F7N7O2. The number of H-pyrrole nitrogens is 1. The van der Waals surface area contributed by atoms with Gasteiger partial charge in [-0.15, -0.1) is 13.2 Å². The zero-order valence-electron chi connectivity index (χ0n) is 28.4. The lowest BCUT2D eigenvalue weighted by atomic mass is 9.91. The molecule has 3 heterocycles. The smallest absolute Gasteiger partial charge is 0.405 e. The summed E-state index contributed by atoms with van der Waals surface area (Å²) in [5.74, 6) is -1.12. The molecule has 1 unspecified atom stereocenters. The van der Waals surface area contributed by atoms with Gasteiger partial charge >= 0.3 is 18.2 Å². The average molecular weight is 736 g/mol. The number of rotatable bonds is 12. The minimum Gasteiger partial charge on any atom is -0.405 e. The van der Waals surface area contributed by atoms with E-state index in [0.29, 0.717) is 44.0 Å². The molecule has 0 bridgehead atoms. The lowest BCUT2D eigenvalue weighted by Crippen LogP contribution is -2.38. The largest absolute Gasteiger partial charge is 0.573 e. The van der Waals surface area contributed by atoms with Gasteiger partial charge in [0.05, 0.1) is 22.8 Å². The van der Waals surface area contributed by atoms with Crippen molar-refractivity contribution in [3.63, 3.8) is 0 Å². The average Bonchev–Trinajstić information content (AvgIpc) is 3.83. The van der Waals surface area contributed by atoms with Gasteiger partial charge in [-0.2, -0.15) is 18.2 Å². The number of nitrogens with one attached hydrogen (secondary N) is 2. The number of aliphatic imine (C=N–C) groups is 1. The third-order valence-corrected chi connectivity index (χ3v) is 9.66. The molecule has 280 valence electrons. The summed E-state index contributed by atoms with van der Waals surface area (Å²) in [5.41, 5.74) is 9.52. The van der Waals surface area contributed by atoms with E-state index in [1.807, 2.05) is 0 Å². The van der Waals surface area contributed by atoms with E-state index in [4.69, 9.17) is 11.5 Å². The van der Waals surface area contributed by atoms with Crippen LogP contribution in [-0.4, -0.2) is 45.4 Å². The highest BCUT2D eigenvalue weighted by Gasteiger charge is 2.37. The predicted molar refractivity (Wildman–Crippen MR) is 183 cm³/mol. The van der Waals surface area contributed by atoms with E-state index in [9.17, 15) is 31.1 Å². The van der Waals surface area contributed by atoms with Gasteiger partial charge in [0.2, 0.25) is 0 Å². The highest BCUT2D eigenvalue weighted by molar-refractivity contribution is 5.83. The van der Waals surface area contributed by atoms with Gasteiger partial charge in [-0.1, -0.05) is 12.5 Å². The Kier molecular flexibility index (Phi) is 10.7. The number of piperidine rings is 1. The van der Waals surface area contributed by atoms with Crippen LogP contribution in [0.15, 0.2) is 52.4 Å². The van der Waals surface area contributed by atoms with Crippen LogP contribution in [0.5, 0.6) is 5.75 Å². The van der Waals surface area contributed by atoms with Crippen molar-refractivity contribution in [2.24, 2.45) is 22.4 Å². The molecule has 0 radical (unpaired) electrons. The van der Waals surface area contributed by atoms with Crippen LogP contribution in [0.4, 0.5) is 30.7 Å². The van der Waals surface area contributed by atoms with Crippen molar-refractivity contribution in [3.8, 4) is 22.7 Å². The highest BCUT2D eigenvalue weighted by atomic mass is 19.4. The summed E-state index contributed by atoms with van der Waals surface area (Å²) >= 11 is 0. The molecule has 2 fully saturated rings. The summed E-state index contributed by atoms with van der Waals surface area (Å²) < 4.78 is 104. The molecule has 0 spiro atoms. The number of nitrogens with two attached hydrogens (primary N) is 2. The molecule has 2 aromatic carbocycles. The first kappa shape index (κ1) is 37.3. The van der Waals surface area contributed by atoms with Crippen LogP contribution in [0.25, 0.3) is 28.0 Å². The molecular weight excluding hydrogens is 695 g/mol. The van der Waals surface area contributed by atoms with Crippen LogP contribution >= 0.6 is 0 Å². The number of alkyl halides is 6. The van der Waals surface area contributed by atoms with Gasteiger partial charge < -0.3 is 26.5 Å². The Morgan fingerprint density at radius 2 is 1.87 bits per heavy atom. The zero-order chi connectivity index (χ0) is 37.4. The number of halogens is 7. The van der Waals surface area contributed by atoms with Crippen LogP contribution in [0.3, 0.4) is 0 Å². The molecule has 3 atom stereocenters. The second-order valence-corrected chi connectivity index (χ2v) is 13.7. The molecule has 1 saturated carbocycles. The van der Waals surface area contributed by atoms with E-state index in [1.165, 1.54) is 30.5 Å². The number of fused-ring (bicyclic) bond motifs is 1. The molecule has 2 aromatic heterocycles. The number of aromatic nitrogens is 3. The van der Waals surface area contributed by atoms with Crippen LogP contribution < -0.4 is 27.2 Å². The fourth-order valence-corrected chi connectivity index (χ4v) is 6.92. The number of ether oxygens (including phenoxy) is 1. The SMILES string of the molecule is CC(N)=NCC[C@@H]1CCC[C@@H](c2ccc(-n3cc4cc(-c5cc(CCCC(N)C6CC6)cc(C(F)(F)F)c5F)[nH]c4nc3=O)cc2OC(F)(F)F)N1. The molecule has 2 aliphatic rings. The molecule has 4 aromatic rings. The minimum absolute atomic E-state index is 0.00205. The normalized spacial score (nSPS) is 19.3. The van der Waals surface area contributed by atoms with E-state index in [1.54, 1.807) is 6.92 Å². The number of hydrogen-bond donors (Lipinski definition) is 4. The van der Waals surface area contributed by atoms with Gasteiger partial charge in [0.15, 0.2) is 0 Å². The number of hydrogen-bond acceptors (Lipinski definition) is 6. The van der Waals surface area contributed by atoms with Gasteiger partial charge in [-0.05, 0) is 94.0 Å². The summed E-state index contributed by atoms with van der Waals surface area (Å²) in [7, 11) is 0. The monoisotopic (exact) mass is 735 g/mol. The first-order valence-electron chi connectivity index (χ1n) is 17.3. The molecule has 6 N–H and O–H groups in total. The maximum atomic E-state index is 15.5. The van der Waals surface area contributed by atoms with Crippen LogP contribution in [0.2, 0.25) is 0 Å². The van der Waals surface area contributed by atoms with Crippen LogP contribution in [-0.2, 0) is 12.6 Å². The third kappa shape index (κ3) is 8.95. The summed E-state index contributed by atoms with van der Waals surface area (Å²) in [4.78, 5) is 24.1. The van der Waals surface area contributed by atoms with Crippen molar-refractivity contribution < 1.29 is 35.5 Å². The quantitative estimate of drug-likeness (QED) is 0.0679. The molecule has 9 nitrogen and oxygen atoms in total. The Balaban J connectivity index is 1.31. The van der Waals surface area contributed by atoms with E-state index in [2.05, 4.69) is 25.0 Å². The summed E-state index contributed by atoms with van der Waals surface area (Å²) in [6.07, 6.45) is -2.51. The highest BCUT2D eigenvalue weighted by Crippen LogP contribution is 2.39. The van der Waals surface area contributed by atoms with E-state index in [0.717, 1.165) is 42.4 Å². The zero-order valence-corrected chi connectivity index (χ0v) is 28.4. The van der Waals surface area contributed by atoms with Gasteiger partial charge in [0.25, 0.3) is 0 Å². The van der Waals surface area contributed by atoms with Crippen molar-refractivity contribution in [2.75, 3.05) is 6.54 Å². The fraction of sp³-hybridized carbons (Fsp3) is 0.472. The number of aryl methyl sites for hydroxylation is 1. The topological polar surface area (TPSA) is 136 Å². The van der Waals surface area contributed by atoms with Crippen molar-refractivity contribution in [1.29, 1.82) is 0 Å². The van der Waals surface area contributed by atoms with Gasteiger partial charge in [0, 0.05) is 53.4 Å². The summed E-state index contributed by atoms with van der Waals surface area (Å²) in [6.45, 7) is 2.14. The summed E-state index contributed by atoms with van der Waals surface area (Å²) in [5, 5.41) is 3.58. The van der Waals surface area contributed by atoms with Gasteiger partial charge in [0.1, 0.15) is 17.2 Å². The number of amidine groups is 1. The lowest BCUT2D eigenvalue weighted by Gasteiger charge is -2.32. The van der Waals surface area contributed by atoms with E-state index in [-0.39, 0.29) is 57.6 Å². The molecule has 1 saturated heterocycles. The fourth-order valence-electron chi connectivity index (χ4n) is 6.92. The number of nitrogens with zero attached hydrogens (tertiary/aromatic N) is 3. The Morgan fingerprint density at radius 3 is 2.56 bits per heavy atom. The van der Waals surface area contributed by atoms with Gasteiger partial charge in [-0.25, -0.2) is 9.18 Å². The van der Waals surface area contributed by atoms with Gasteiger partial charge in [-0.3, -0.25) is 9.56 Å². The lowest BCUT2D eigenvalue weighted by molar-refractivity contribution is -0.275. The standard InChI is InChI=1S/C36H40F7N7O2/c1-19(44)46-13-12-23-5-3-7-29(47-23)25-11-10-24(17-31(25)52-36(41,42)43)50-18-22-16-30(48-33(22)49-34(50)51)26-14-20(4-2-6-28(45)21-8-9-21)15-27(32(26)37)35(38,39)40/h10-11,14-18,21,23,28-29,47H,2-9,12-13,45H2,1H3,(H2,44,46)(H,48,49,51)/t23-,28?,29-/m0/s1. The first-order valence-corrected chi connectivity index (χ1v) is 17.3. The van der Waals surface area contributed by atoms with Crippen LogP contribution in [0.1, 0.15) is 81.0 Å². The van der Waals surface area contributed by atoms with Crippen molar-refractivity contribution >= 4 is 16.9 Å². The van der Waals surface area contributed by atoms with Crippen LogP contribution in [0, 0.1) is 11.7 Å². The van der Waals surface area contributed by atoms with Crippen molar-refractivity contribution in [1.82, 2.24) is 19.9 Å². The van der Waals surface area contributed by atoms with Crippen molar-refractivity contribution in [3.05, 3.63) is 75.6 Å². The number of benzene rings is 2. The first-order chi connectivity index (χ1) is 24.6. The van der Waals surface area contributed by atoms with Crippen molar-refractivity contribution in [2.45, 2.75) is 95.4 Å². The Morgan fingerprint density at radius 1 is 1.10 bits per heavy atom. The second kappa shape index (κ2) is 14.9. The molecule has 6 rings (SSSR count). The number of aromatic amines is 1. The Bertz CT molecular complexity index is 2000.